The number of carbonyl (C=O) groups excluding carboxylic acids is 1. The van der Waals surface area contributed by atoms with Crippen LogP contribution >= 0.6 is 0 Å². The number of nitrogens with one attached hydrogen (secondary N) is 1. The molecule has 0 radical (unpaired) electrons. The highest BCUT2D eigenvalue weighted by Gasteiger charge is 2.33. The highest BCUT2D eigenvalue weighted by atomic mass is 19.1. The van der Waals surface area contributed by atoms with Gasteiger partial charge in [-0.15, -0.1) is 0 Å². The van der Waals surface area contributed by atoms with Crippen LogP contribution in [0.4, 0.5) is 14.5 Å². The first kappa shape index (κ1) is 20.8. The highest BCUT2D eigenvalue weighted by Crippen LogP contribution is 2.38. The van der Waals surface area contributed by atoms with Crippen molar-refractivity contribution in [1.29, 1.82) is 0 Å². The maximum Gasteiger partial charge on any atom is 0.187 e. The normalized spacial score (nSPS) is 17.6. The molecule has 166 valence electrons. The molecule has 3 aromatic rings. The fourth-order valence-corrected chi connectivity index (χ4v) is 4.37. The summed E-state index contributed by atoms with van der Waals surface area (Å²) in [4.78, 5) is 19.8. The minimum Gasteiger partial charge on any atom is -0.503 e. The van der Waals surface area contributed by atoms with E-state index in [9.17, 15) is 18.7 Å². The highest BCUT2D eigenvalue weighted by molar-refractivity contribution is 6.10. The molecule has 2 aromatic carbocycles. The summed E-state index contributed by atoms with van der Waals surface area (Å²) in [5.74, 6) is -2.86. The Morgan fingerprint density at radius 2 is 1.75 bits per heavy atom. The number of aromatic hydroxyl groups is 1. The van der Waals surface area contributed by atoms with Gasteiger partial charge in [-0.05, 0) is 81.2 Å². The van der Waals surface area contributed by atoms with Crippen LogP contribution in [0, 0.1) is 17.6 Å². The van der Waals surface area contributed by atoms with E-state index in [2.05, 4.69) is 22.2 Å². The number of phenols is 1. The van der Waals surface area contributed by atoms with Crippen molar-refractivity contribution < 1.29 is 18.7 Å². The van der Waals surface area contributed by atoms with Crippen LogP contribution in [-0.2, 0) is 0 Å². The number of aromatic nitrogens is 1. The van der Waals surface area contributed by atoms with Crippen LogP contribution in [0.5, 0.6) is 5.75 Å². The topological polar surface area (TPSA) is 65.5 Å². The zero-order chi connectivity index (χ0) is 22.4. The van der Waals surface area contributed by atoms with Crippen molar-refractivity contribution in [1.82, 2.24) is 9.88 Å². The van der Waals surface area contributed by atoms with Gasteiger partial charge in [-0.1, -0.05) is 6.07 Å². The van der Waals surface area contributed by atoms with Crippen LogP contribution < -0.4 is 5.32 Å². The number of Topliss-reactive ketones (excluding diaryl/α,β-unsaturated/α-hetero) is 1. The van der Waals surface area contributed by atoms with E-state index in [0.717, 1.165) is 62.0 Å². The molecule has 5 nitrogen and oxygen atoms in total. The van der Waals surface area contributed by atoms with Gasteiger partial charge >= 0.3 is 0 Å². The van der Waals surface area contributed by atoms with Gasteiger partial charge in [0, 0.05) is 23.5 Å². The molecular formula is C25H25F2N3O2. The maximum atomic E-state index is 14.0. The third-order valence-electron chi connectivity index (χ3n) is 6.50. The number of anilines is 1. The molecule has 0 bridgehead atoms. The van der Waals surface area contributed by atoms with E-state index >= 15 is 0 Å². The number of carbonyl (C=O) groups is 1. The second-order valence-corrected chi connectivity index (χ2v) is 8.93. The molecule has 5 rings (SSSR count). The van der Waals surface area contributed by atoms with E-state index in [1.54, 1.807) is 18.3 Å². The van der Waals surface area contributed by atoms with Crippen molar-refractivity contribution in [2.24, 2.45) is 5.92 Å². The standard InChI is InChI=1S/C25H25F2N3O2/c1-30-8-6-17(7-9-30)29-23-18-10-15(16-11-20(26)25(32)21(27)12-16)4-5-22(18)28-13-19(23)24(31)14-2-3-14/h4-5,10-14,17,32H,2-3,6-9H2,1H3,(H,28,29). The van der Waals surface area contributed by atoms with Crippen LogP contribution in [-0.4, -0.2) is 47.0 Å². The minimum absolute atomic E-state index is 0.0516. The fourth-order valence-electron chi connectivity index (χ4n) is 4.37. The smallest absolute Gasteiger partial charge is 0.187 e. The van der Waals surface area contributed by atoms with Gasteiger partial charge in [0.25, 0.3) is 0 Å². The predicted molar refractivity (Wildman–Crippen MR) is 120 cm³/mol. The molecule has 2 N–H and O–H groups in total. The van der Waals surface area contributed by atoms with E-state index in [-0.39, 0.29) is 17.7 Å². The summed E-state index contributed by atoms with van der Waals surface area (Å²) in [5.41, 5.74) is 2.93. The second kappa shape index (κ2) is 8.13. The van der Waals surface area contributed by atoms with Crippen LogP contribution in [0.2, 0.25) is 0 Å². The Kier molecular flexibility index (Phi) is 5.29. The summed E-state index contributed by atoms with van der Waals surface area (Å²) in [5, 5.41) is 13.8. The lowest BCUT2D eigenvalue weighted by Gasteiger charge is -2.31. The number of phenolic OH excluding ortho intramolecular Hbond substituents is 1. The molecule has 0 unspecified atom stereocenters. The Labute approximate surface area is 185 Å². The quantitative estimate of drug-likeness (QED) is 0.551. The van der Waals surface area contributed by atoms with Gasteiger partial charge < -0.3 is 15.3 Å². The number of piperidine rings is 1. The third-order valence-corrected chi connectivity index (χ3v) is 6.50. The number of nitrogens with zero attached hydrogens (tertiary/aromatic N) is 2. The van der Waals surface area contributed by atoms with Crippen LogP contribution in [0.25, 0.3) is 22.0 Å². The molecule has 1 aliphatic carbocycles. The molecule has 1 aliphatic heterocycles. The molecule has 2 fully saturated rings. The lowest BCUT2D eigenvalue weighted by molar-refractivity contribution is 0.0968. The first-order valence-electron chi connectivity index (χ1n) is 11.0. The van der Waals surface area contributed by atoms with Gasteiger partial charge in [0.2, 0.25) is 0 Å². The first-order valence-corrected chi connectivity index (χ1v) is 11.0. The monoisotopic (exact) mass is 437 g/mol. The van der Waals surface area contributed by atoms with E-state index in [1.807, 2.05) is 6.07 Å². The Morgan fingerprint density at radius 1 is 1.06 bits per heavy atom. The van der Waals surface area contributed by atoms with Gasteiger partial charge in [-0.25, -0.2) is 8.78 Å². The van der Waals surface area contributed by atoms with Crippen molar-refractivity contribution in [2.45, 2.75) is 31.7 Å². The number of benzene rings is 2. The van der Waals surface area contributed by atoms with E-state index in [0.29, 0.717) is 22.2 Å². The molecule has 2 heterocycles. The molecule has 1 saturated carbocycles. The van der Waals surface area contributed by atoms with Crippen LogP contribution in [0.1, 0.15) is 36.0 Å². The Hall–Kier alpha value is -3.06. The summed E-state index contributed by atoms with van der Waals surface area (Å²) < 4.78 is 27.9. The van der Waals surface area contributed by atoms with Gasteiger partial charge in [-0.3, -0.25) is 9.78 Å². The Balaban J connectivity index is 1.62. The van der Waals surface area contributed by atoms with Crippen LogP contribution in [0.15, 0.2) is 36.5 Å². The molecule has 0 amide bonds. The average molecular weight is 437 g/mol. The van der Waals surface area contributed by atoms with Gasteiger partial charge in [0.1, 0.15) is 0 Å². The lowest BCUT2D eigenvalue weighted by atomic mass is 9.97. The zero-order valence-electron chi connectivity index (χ0n) is 17.9. The minimum atomic E-state index is -1.01. The molecule has 1 aromatic heterocycles. The van der Waals surface area contributed by atoms with Gasteiger partial charge in [-0.2, -0.15) is 0 Å². The molecule has 1 saturated heterocycles. The third kappa shape index (κ3) is 3.93. The van der Waals surface area contributed by atoms with Gasteiger partial charge in [0.05, 0.1) is 16.8 Å². The number of likely N-dealkylation sites (tertiary alicyclic amines) is 1. The molecule has 0 atom stereocenters. The summed E-state index contributed by atoms with van der Waals surface area (Å²) in [6.07, 6.45) is 5.38. The van der Waals surface area contributed by atoms with Crippen LogP contribution in [0.3, 0.4) is 0 Å². The molecule has 32 heavy (non-hydrogen) atoms. The first-order chi connectivity index (χ1) is 15.4. The number of halogens is 2. The SMILES string of the molecule is CN1CCC(Nc2c(C(=O)C3CC3)cnc3ccc(-c4cc(F)c(O)c(F)c4)cc23)CC1. The maximum absolute atomic E-state index is 14.0. The number of hydrogen-bond acceptors (Lipinski definition) is 5. The van der Waals surface area contributed by atoms with Crippen molar-refractivity contribution in [2.75, 3.05) is 25.5 Å². The number of fused-ring (bicyclic) bond motifs is 1. The largest absolute Gasteiger partial charge is 0.503 e. The number of pyridine rings is 1. The molecule has 0 spiro atoms. The second-order valence-electron chi connectivity index (χ2n) is 8.93. The van der Waals surface area contributed by atoms with E-state index in [4.69, 9.17) is 0 Å². The van der Waals surface area contributed by atoms with Crippen molar-refractivity contribution in [3.63, 3.8) is 0 Å². The Bertz CT molecular complexity index is 1180. The average Bonchev–Trinajstić information content (AvgIpc) is 3.63. The summed E-state index contributed by atoms with van der Waals surface area (Å²) >= 11 is 0. The molecule has 2 aliphatic rings. The van der Waals surface area contributed by atoms with E-state index < -0.39 is 17.4 Å². The summed E-state index contributed by atoms with van der Waals surface area (Å²) in [6, 6.07) is 7.79. The fraction of sp³-hybridized carbons (Fsp3) is 0.360. The molecule has 7 heteroatoms. The number of ketones is 1. The van der Waals surface area contributed by atoms with Crippen molar-refractivity contribution in [3.05, 3.63) is 53.7 Å². The summed E-state index contributed by atoms with van der Waals surface area (Å²) in [7, 11) is 2.10. The zero-order valence-corrected chi connectivity index (χ0v) is 17.9. The predicted octanol–water partition coefficient (Wildman–Crippen LogP) is 4.98. The van der Waals surface area contributed by atoms with Crippen molar-refractivity contribution >= 4 is 22.4 Å². The molecular weight excluding hydrogens is 412 g/mol. The van der Waals surface area contributed by atoms with E-state index in [1.165, 1.54) is 0 Å². The number of hydrogen-bond donors (Lipinski definition) is 2. The summed E-state index contributed by atoms with van der Waals surface area (Å²) in [6.45, 7) is 1.95. The lowest BCUT2D eigenvalue weighted by Crippen LogP contribution is -2.37. The number of rotatable bonds is 5. The Morgan fingerprint density at radius 3 is 2.41 bits per heavy atom. The van der Waals surface area contributed by atoms with Gasteiger partial charge in [0.15, 0.2) is 23.2 Å². The van der Waals surface area contributed by atoms with Crippen molar-refractivity contribution in [3.8, 4) is 16.9 Å².